The lowest BCUT2D eigenvalue weighted by Gasteiger charge is -2.50. The Morgan fingerprint density at radius 2 is 1.05 bits per heavy atom. The van der Waals surface area contributed by atoms with Crippen LogP contribution in [0.4, 0.5) is 0 Å². The molecular formula is C60H112N2O21. The summed E-state index contributed by atoms with van der Waals surface area (Å²) in [4.78, 5) is 38.4. The van der Waals surface area contributed by atoms with Gasteiger partial charge < -0.3 is 100 Å². The van der Waals surface area contributed by atoms with Crippen molar-refractivity contribution in [3.05, 3.63) is 0 Å². The van der Waals surface area contributed by atoms with E-state index in [0.717, 1.165) is 58.3 Å². The molecule has 3 fully saturated rings. The van der Waals surface area contributed by atoms with Crippen LogP contribution in [0.25, 0.3) is 0 Å². The zero-order valence-electron chi connectivity index (χ0n) is 50.3. The number of aliphatic hydroxyl groups excluding tert-OH is 11. The summed E-state index contributed by atoms with van der Waals surface area (Å²) in [6.45, 7) is 2.19. The maximum atomic E-state index is 13.4. The fraction of sp³-hybridized carbons (Fsp3) is 0.950. The van der Waals surface area contributed by atoms with Crippen molar-refractivity contribution in [2.45, 2.75) is 336 Å². The van der Waals surface area contributed by atoms with Crippen LogP contribution in [-0.2, 0) is 42.8 Å². The average Bonchev–Trinajstić information content (AvgIpc) is 2.34. The summed E-state index contributed by atoms with van der Waals surface area (Å²) in [6.07, 6.45) is 5.45. The average molecular weight is 1200 g/mol. The molecule has 0 aromatic carbocycles. The number of aliphatic carboxylic acids is 1. The van der Waals surface area contributed by atoms with E-state index >= 15 is 0 Å². The van der Waals surface area contributed by atoms with Crippen molar-refractivity contribution in [2.75, 3.05) is 26.4 Å². The minimum atomic E-state index is -3.08. The van der Waals surface area contributed by atoms with E-state index in [0.29, 0.717) is 19.3 Å². The molecule has 18 atom stereocenters. The normalized spacial score (nSPS) is 29.9. The van der Waals surface area contributed by atoms with Crippen molar-refractivity contribution in [3.63, 3.8) is 0 Å². The third-order valence-electron chi connectivity index (χ3n) is 16.6. The predicted molar refractivity (Wildman–Crippen MR) is 306 cm³/mol. The Morgan fingerprint density at radius 3 is 1.51 bits per heavy atom. The fourth-order valence-electron chi connectivity index (χ4n) is 11.4. The Balaban J connectivity index is 1.64. The Labute approximate surface area is 493 Å². The summed E-state index contributed by atoms with van der Waals surface area (Å²) < 4.78 is 34.8. The SMILES string of the molecule is CCCCCCCCCCCCCCCCCC(O)C(COC1OC(CO)C(OC2OC(CO)C(O)C(OC3(C(=O)O)CC(O)C(NC(C)=O)C(C(O)C(O)CO)O3)C2O)C(O)C1O)NC(=O)CCCCCCCCCCCCCCCC. The van der Waals surface area contributed by atoms with Crippen LogP contribution in [0.2, 0.25) is 0 Å². The van der Waals surface area contributed by atoms with Gasteiger partial charge in [-0.3, -0.25) is 9.59 Å². The van der Waals surface area contributed by atoms with Gasteiger partial charge in [-0.1, -0.05) is 194 Å². The number of carbonyl (C=O) groups excluding carboxylic acids is 2. The second kappa shape index (κ2) is 42.6. The van der Waals surface area contributed by atoms with E-state index in [2.05, 4.69) is 24.5 Å². The second-order valence-electron chi connectivity index (χ2n) is 23.6. The molecule has 0 bridgehead atoms. The number of unbranched alkanes of at least 4 members (excludes halogenated alkanes) is 27. The molecule has 0 aromatic rings. The van der Waals surface area contributed by atoms with Gasteiger partial charge in [-0.25, -0.2) is 4.79 Å². The third kappa shape index (κ3) is 26.5. The first kappa shape index (κ1) is 75.0. The second-order valence-corrected chi connectivity index (χ2v) is 23.6. The predicted octanol–water partition coefficient (Wildman–Crippen LogP) is 3.78. The first-order chi connectivity index (χ1) is 39.9. The number of ether oxygens (including phenoxy) is 6. The molecule has 0 aliphatic carbocycles. The van der Waals surface area contributed by atoms with Gasteiger partial charge in [-0.2, -0.15) is 0 Å². The molecule has 3 aliphatic rings. The molecule has 23 nitrogen and oxygen atoms in total. The molecule has 0 saturated carbocycles. The van der Waals surface area contributed by atoms with E-state index in [-0.39, 0.29) is 18.9 Å². The van der Waals surface area contributed by atoms with Gasteiger partial charge in [0, 0.05) is 19.8 Å². The lowest BCUT2D eigenvalue weighted by atomic mass is 9.88. The van der Waals surface area contributed by atoms with Gasteiger partial charge in [-0.05, 0) is 12.8 Å². The molecule has 0 spiro atoms. The lowest BCUT2D eigenvalue weighted by Crippen LogP contribution is -2.70. The highest BCUT2D eigenvalue weighted by Crippen LogP contribution is 2.38. The van der Waals surface area contributed by atoms with Gasteiger partial charge in [0.05, 0.1) is 50.7 Å². The molecule has 2 amide bonds. The number of hydrogen-bond acceptors (Lipinski definition) is 20. The zero-order chi connectivity index (χ0) is 61.2. The molecule has 3 aliphatic heterocycles. The van der Waals surface area contributed by atoms with Crippen LogP contribution in [0, 0.1) is 0 Å². The highest BCUT2D eigenvalue weighted by atomic mass is 16.8. The molecule has 3 rings (SSSR count). The third-order valence-corrected chi connectivity index (χ3v) is 16.6. The highest BCUT2D eigenvalue weighted by molar-refractivity contribution is 5.77. The minimum absolute atomic E-state index is 0.228. The van der Waals surface area contributed by atoms with Crippen LogP contribution in [0.3, 0.4) is 0 Å². The van der Waals surface area contributed by atoms with Crippen LogP contribution in [0.15, 0.2) is 0 Å². The first-order valence-electron chi connectivity index (χ1n) is 31.9. The standard InChI is InChI=1S/C60H112N2O21/c1-4-6-8-10-12-14-16-18-20-21-23-25-27-29-31-33-42(67)41(62-47(70)34-32-30-28-26-24-22-19-17-15-13-11-9-7-5-2)39-78-57-52(74)51(73)54(46(38-65)80-57)81-58-53(75)56(50(72)45(37-64)79-58)83-60(59(76)77)35-43(68)48(61-40(3)66)55(82-60)49(71)44(69)36-63/h41-46,48-58,63-65,67-69,71-75H,4-39H2,1-3H3,(H,61,66)(H,62,70)(H,76,77). The number of amides is 2. The van der Waals surface area contributed by atoms with Crippen molar-refractivity contribution in [1.82, 2.24) is 10.6 Å². The van der Waals surface area contributed by atoms with Crippen molar-refractivity contribution in [3.8, 4) is 0 Å². The van der Waals surface area contributed by atoms with Gasteiger partial charge >= 0.3 is 5.97 Å². The van der Waals surface area contributed by atoms with E-state index in [1.807, 2.05) is 0 Å². The molecule has 3 heterocycles. The smallest absolute Gasteiger partial charge is 0.364 e. The van der Waals surface area contributed by atoms with Crippen LogP contribution >= 0.6 is 0 Å². The van der Waals surface area contributed by atoms with E-state index in [1.165, 1.54) is 122 Å². The Hall–Kier alpha value is -2.27. The summed E-state index contributed by atoms with van der Waals surface area (Å²) in [5.41, 5.74) is 0. The van der Waals surface area contributed by atoms with Gasteiger partial charge in [0.1, 0.15) is 67.1 Å². The van der Waals surface area contributed by atoms with Crippen LogP contribution in [0.1, 0.15) is 226 Å². The summed E-state index contributed by atoms with van der Waals surface area (Å²) in [6, 6.07) is -2.52. The largest absolute Gasteiger partial charge is 0.477 e. The van der Waals surface area contributed by atoms with Gasteiger partial charge in [-0.15, -0.1) is 0 Å². The molecule has 18 unspecified atom stereocenters. The van der Waals surface area contributed by atoms with Crippen LogP contribution < -0.4 is 10.6 Å². The summed E-state index contributed by atoms with van der Waals surface area (Å²) in [5, 5.41) is 136. The highest BCUT2D eigenvalue weighted by Gasteiger charge is 2.60. The van der Waals surface area contributed by atoms with Crippen molar-refractivity contribution in [1.29, 1.82) is 0 Å². The Morgan fingerprint density at radius 1 is 0.578 bits per heavy atom. The number of carboxylic acid groups (broad SMARTS) is 1. The molecule has 3 saturated heterocycles. The van der Waals surface area contributed by atoms with Gasteiger partial charge in [0.2, 0.25) is 11.8 Å². The fourth-order valence-corrected chi connectivity index (χ4v) is 11.4. The van der Waals surface area contributed by atoms with E-state index < -0.39 is 148 Å². The summed E-state index contributed by atoms with van der Waals surface area (Å²) >= 11 is 0. The van der Waals surface area contributed by atoms with E-state index in [1.54, 1.807) is 0 Å². The van der Waals surface area contributed by atoms with Gasteiger partial charge in [0.25, 0.3) is 5.79 Å². The number of hydrogen-bond donors (Lipinski definition) is 14. The number of rotatable bonds is 47. The summed E-state index contributed by atoms with van der Waals surface area (Å²) in [7, 11) is 0. The Bertz CT molecular complexity index is 1710. The summed E-state index contributed by atoms with van der Waals surface area (Å²) in [5.74, 6) is -6.09. The lowest BCUT2D eigenvalue weighted by molar-refractivity contribution is -0.386. The van der Waals surface area contributed by atoms with E-state index in [9.17, 15) is 75.7 Å². The number of carboxylic acids is 1. The molecule has 488 valence electrons. The molecular weight excluding hydrogens is 1080 g/mol. The molecule has 83 heavy (non-hydrogen) atoms. The zero-order valence-corrected chi connectivity index (χ0v) is 50.3. The van der Waals surface area contributed by atoms with Crippen molar-refractivity contribution >= 4 is 17.8 Å². The molecule has 0 aromatic heterocycles. The molecule has 23 heteroatoms. The maximum Gasteiger partial charge on any atom is 0.364 e. The number of carbonyl (C=O) groups is 3. The van der Waals surface area contributed by atoms with Crippen LogP contribution in [0.5, 0.6) is 0 Å². The van der Waals surface area contributed by atoms with E-state index in [4.69, 9.17) is 28.4 Å². The topological polar surface area (TPSA) is 373 Å². The van der Waals surface area contributed by atoms with Crippen molar-refractivity contribution in [2.24, 2.45) is 0 Å². The Kier molecular flexibility index (Phi) is 38.5. The van der Waals surface area contributed by atoms with Gasteiger partial charge in [0.15, 0.2) is 12.6 Å². The number of nitrogens with one attached hydrogen (secondary N) is 2. The molecule has 0 radical (unpaired) electrons. The monoisotopic (exact) mass is 1200 g/mol. The maximum absolute atomic E-state index is 13.4. The number of aliphatic hydroxyl groups is 11. The minimum Gasteiger partial charge on any atom is -0.477 e. The van der Waals surface area contributed by atoms with Crippen molar-refractivity contribution < 1.29 is 104 Å². The van der Waals surface area contributed by atoms with Crippen LogP contribution in [-0.4, -0.2) is 215 Å². The molecule has 14 N–H and O–H groups in total. The first-order valence-corrected chi connectivity index (χ1v) is 31.9. The quantitative estimate of drug-likeness (QED) is 0.0386.